The smallest absolute Gasteiger partial charge is 0.0188 e. The lowest BCUT2D eigenvalue weighted by Crippen LogP contribution is -1.95. The van der Waals surface area contributed by atoms with Gasteiger partial charge in [0.05, 0.1) is 0 Å². The summed E-state index contributed by atoms with van der Waals surface area (Å²) in [5.41, 5.74) is 8.09. The number of rotatable bonds is 4. The molecule has 76 valence electrons. The van der Waals surface area contributed by atoms with E-state index in [-0.39, 0.29) is 0 Å². The van der Waals surface area contributed by atoms with Gasteiger partial charge in [-0.1, -0.05) is 29.3 Å². The van der Waals surface area contributed by atoms with Crippen LogP contribution >= 0.6 is 11.8 Å². The molecule has 0 aliphatic carbocycles. The summed E-state index contributed by atoms with van der Waals surface area (Å²) in [6.45, 7) is 4.86. The first-order valence-electron chi connectivity index (χ1n) is 4.77. The molecule has 14 heavy (non-hydrogen) atoms. The maximum Gasteiger partial charge on any atom is 0.0188 e. The molecule has 0 amide bonds. The van der Waals surface area contributed by atoms with Crippen LogP contribution in [0.5, 0.6) is 0 Å². The highest BCUT2D eigenvalue weighted by Crippen LogP contribution is 2.20. The fraction of sp³-hybridized carbons (Fsp3) is 0.333. The third kappa shape index (κ3) is 3.99. The van der Waals surface area contributed by atoms with Crippen LogP contribution < -0.4 is 5.73 Å². The first-order valence-corrected chi connectivity index (χ1v) is 5.76. The minimum atomic E-state index is 0.639. The van der Waals surface area contributed by atoms with Gasteiger partial charge in [-0.15, -0.1) is 11.8 Å². The zero-order chi connectivity index (χ0) is 10.4. The number of hydrogen-bond donors (Lipinski definition) is 1. The Hall–Kier alpha value is -0.730. The molecule has 0 saturated carbocycles. The maximum atomic E-state index is 5.43. The van der Waals surface area contributed by atoms with Crippen LogP contribution in [-0.2, 0) is 0 Å². The van der Waals surface area contributed by atoms with Gasteiger partial charge >= 0.3 is 0 Å². The van der Waals surface area contributed by atoms with Crippen molar-refractivity contribution in [2.75, 3.05) is 12.3 Å². The Balaban J connectivity index is 2.46. The van der Waals surface area contributed by atoms with Crippen molar-refractivity contribution in [3.05, 3.63) is 41.5 Å². The summed E-state index contributed by atoms with van der Waals surface area (Å²) >= 11 is 1.85. The van der Waals surface area contributed by atoms with E-state index in [1.54, 1.807) is 0 Å². The Morgan fingerprint density at radius 3 is 2.57 bits per heavy atom. The van der Waals surface area contributed by atoms with E-state index in [0.717, 1.165) is 5.75 Å². The SMILES string of the molecule is CC(=CCN)CSc1ccc(C)cc1. The van der Waals surface area contributed by atoms with Crippen LogP contribution in [0.2, 0.25) is 0 Å². The van der Waals surface area contributed by atoms with Crippen molar-refractivity contribution >= 4 is 11.8 Å². The number of hydrogen-bond acceptors (Lipinski definition) is 2. The van der Waals surface area contributed by atoms with Gasteiger partial charge < -0.3 is 5.73 Å². The van der Waals surface area contributed by atoms with Gasteiger partial charge in [0.1, 0.15) is 0 Å². The van der Waals surface area contributed by atoms with Gasteiger partial charge in [0.2, 0.25) is 0 Å². The Morgan fingerprint density at radius 2 is 2.00 bits per heavy atom. The van der Waals surface area contributed by atoms with Crippen LogP contribution in [0.4, 0.5) is 0 Å². The van der Waals surface area contributed by atoms with Crippen LogP contribution in [-0.4, -0.2) is 12.3 Å². The third-order valence-corrected chi connectivity index (χ3v) is 3.16. The molecule has 1 rings (SSSR count). The topological polar surface area (TPSA) is 26.0 Å². The average Bonchev–Trinajstić information content (AvgIpc) is 2.17. The summed E-state index contributed by atoms with van der Waals surface area (Å²) < 4.78 is 0. The van der Waals surface area contributed by atoms with Crippen molar-refractivity contribution in [2.45, 2.75) is 18.7 Å². The molecule has 0 atom stereocenters. The van der Waals surface area contributed by atoms with Gasteiger partial charge in [-0.3, -0.25) is 0 Å². The second kappa shape index (κ2) is 5.89. The molecule has 0 radical (unpaired) electrons. The van der Waals surface area contributed by atoms with E-state index in [1.165, 1.54) is 16.0 Å². The highest BCUT2D eigenvalue weighted by atomic mass is 32.2. The van der Waals surface area contributed by atoms with Crippen LogP contribution in [0.15, 0.2) is 40.8 Å². The lowest BCUT2D eigenvalue weighted by atomic mass is 10.2. The molecular formula is C12H17NS. The van der Waals surface area contributed by atoms with Gasteiger partial charge in [-0.25, -0.2) is 0 Å². The summed E-state index contributed by atoms with van der Waals surface area (Å²) in [6.07, 6.45) is 2.07. The molecule has 1 nitrogen and oxygen atoms in total. The summed E-state index contributed by atoms with van der Waals surface area (Å²) in [4.78, 5) is 1.32. The van der Waals surface area contributed by atoms with Crippen molar-refractivity contribution in [3.63, 3.8) is 0 Å². The lowest BCUT2D eigenvalue weighted by molar-refractivity contribution is 1.21. The third-order valence-electron chi connectivity index (χ3n) is 1.95. The number of thioether (sulfide) groups is 1. The normalized spacial score (nSPS) is 11.8. The molecule has 0 unspecified atom stereocenters. The molecular weight excluding hydrogens is 190 g/mol. The molecule has 2 heteroatoms. The predicted octanol–water partition coefficient (Wildman–Crippen LogP) is 2.99. The largest absolute Gasteiger partial charge is 0.327 e. The van der Waals surface area contributed by atoms with Crippen molar-refractivity contribution < 1.29 is 0 Å². The summed E-state index contributed by atoms with van der Waals surface area (Å²) in [5, 5.41) is 0. The van der Waals surface area contributed by atoms with Crippen LogP contribution in [0.3, 0.4) is 0 Å². The summed E-state index contributed by atoms with van der Waals surface area (Å²) in [6, 6.07) is 8.61. The van der Waals surface area contributed by atoms with E-state index in [1.807, 2.05) is 11.8 Å². The van der Waals surface area contributed by atoms with E-state index >= 15 is 0 Å². The number of aryl methyl sites for hydroxylation is 1. The fourth-order valence-corrected chi connectivity index (χ4v) is 1.93. The molecule has 0 aliphatic heterocycles. The molecule has 2 N–H and O–H groups in total. The number of benzene rings is 1. The molecule has 0 bridgehead atoms. The Bertz CT molecular complexity index is 301. The zero-order valence-electron chi connectivity index (χ0n) is 8.79. The van der Waals surface area contributed by atoms with Gasteiger partial charge in [0.15, 0.2) is 0 Å². The molecule has 0 aliphatic rings. The Labute approximate surface area is 90.4 Å². The first-order chi connectivity index (χ1) is 6.72. The van der Waals surface area contributed by atoms with E-state index in [2.05, 4.69) is 44.2 Å². The van der Waals surface area contributed by atoms with Gasteiger partial charge in [0, 0.05) is 17.2 Å². The van der Waals surface area contributed by atoms with Crippen molar-refractivity contribution in [1.29, 1.82) is 0 Å². The minimum absolute atomic E-state index is 0.639. The van der Waals surface area contributed by atoms with E-state index in [9.17, 15) is 0 Å². The van der Waals surface area contributed by atoms with Crippen LogP contribution in [0.25, 0.3) is 0 Å². The zero-order valence-corrected chi connectivity index (χ0v) is 9.60. The average molecular weight is 207 g/mol. The molecule has 0 heterocycles. The van der Waals surface area contributed by atoms with E-state index in [0.29, 0.717) is 6.54 Å². The lowest BCUT2D eigenvalue weighted by Gasteiger charge is -2.02. The summed E-state index contributed by atoms with van der Waals surface area (Å²) in [5.74, 6) is 1.03. The van der Waals surface area contributed by atoms with Crippen LogP contribution in [0, 0.1) is 6.92 Å². The molecule has 1 aromatic rings. The first kappa shape index (κ1) is 11.3. The van der Waals surface area contributed by atoms with Crippen molar-refractivity contribution in [3.8, 4) is 0 Å². The minimum Gasteiger partial charge on any atom is -0.327 e. The van der Waals surface area contributed by atoms with E-state index < -0.39 is 0 Å². The predicted molar refractivity (Wildman–Crippen MR) is 64.7 cm³/mol. The Kier molecular flexibility index (Phi) is 4.77. The van der Waals surface area contributed by atoms with Crippen LogP contribution in [0.1, 0.15) is 12.5 Å². The van der Waals surface area contributed by atoms with Crippen molar-refractivity contribution in [2.24, 2.45) is 5.73 Å². The van der Waals surface area contributed by atoms with Gasteiger partial charge in [-0.05, 0) is 26.0 Å². The van der Waals surface area contributed by atoms with Gasteiger partial charge in [0.25, 0.3) is 0 Å². The molecule has 0 fully saturated rings. The summed E-state index contributed by atoms with van der Waals surface area (Å²) in [7, 11) is 0. The highest BCUT2D eigenvalue weighted by molar-refractivity contribution is 7.99. The molecule has 0 saturated heterocycles. The maximum absolute atomic E-state index is 5.43. The molecule has 0 aromatic heterocycles. The van der Waals surface area contributed by atoms with Gasteiger partial charge in [-0.2, -0.15) is 0 Å². The quantitative estimate of drug-likeness (QED) is 0.607. The fourth-order valence-electron chi connectivity index (χ4n) is 1.09. The highest BCUT2D eigenvalue weighted by Gasteiger charge is 1.94. The standard InChI is InChI=1S/C12H17NS/c1-10-3-5-12(6-4-10)14-9-11(2)7-8-13/h3-7H,8-9,13H2,1-2H3. The second-order valence-corrected chi connectivity index (χ2v) is 4.44. The monoisotopic (exact) mass is 207 g/mol. The molecule has 1 aromatic carbocycles. The second-order valence-electron chi connectivity index (χ2n) is 3.39. The van der Waals surface area contributed by atoms with Crippen molar-refractivity contribution in [1.82, 2.24) is 0 Å². The number of nitrogens with two attached hydrogens (primary N) is 1. The van der Waals surface area contributed by atoms with E-state index in [4.69, 9.17) is 5.73 Å². The molecule has 0 spiro atoms. The Morgan fingerprint density at radius 1 is 1.36 bits per heavy atom.